The number of nitrogens with zero attached hydrogens (tertiary/aromatic N) is 3. The zero-order chi connectivity index (χ0) is 19.8. The molecule has 0 radical (unpaired) electrons. The highest BCUT2D eigenvalue weighted by molar-refractivity contribution is 7.99. The van der Waals surface area contributed by atoms with Crippen LogP contribution in [-0.2, 0) is 13.2 Å². The van der Waals surface area contributed by atoms with Crippen molar-refractivity contribution in [2.75, 3.05) is 23.4 Å². The standard InChI is InChI=1S/C17H20F3N5OS/c1-4-27-15-13(24-25(3)14(15)9-5-6-9)16(26)23-10-7-12(17(18,19)20)22-8-11(10)21-2/h7-9,21H,4-6H2,1-3H3,(H,22,23,26). The van der Waals surface area contributed by atoms with Gasteiger partial charge in [-0.1, -0.05) is 6.92 Å². The van der Waals surface area contributed by atoms with Crippen LogP contribution >= 0.6 is 11.8 Å². The Morgan fingerprint density at radius 1 is 1.37 bits per heavy atom. The van der Waals surface area contributed by atoms with Crippen LogP contribution < -0.4 is 10.6 Å². The van der Waals surface area contributed by atoms with Gasteiger partial charge in [0.2, 0.25) is 0 Å². The maximum Gasteiger partial charge on any atom is 0.433 e. The molecule has 27 heavy (non-hydrogen) atoms. The molecule has 0 aliphatic heterocycles. The van der Waals surface area contributed by atoms with Crippen molar-refractivity contribution in [2.24, 2.45) is 7.05 Å². The second-order valence-electron chi connectivity index (χ2n) is 6.21. The van der Waals surface area contributed by atoms with Crippen molar-refractivity contribution in [1.29, 1.82) is 0 Å². The maximum absolute atomic E-state index is 13.0. The molecular weight excluding hydrogens is 379 g/mol. The summed E-state index contributed by atoms with van der Waals surface area (Å²) in [6.07, 6.45) is -1.44. The van der Waals surface area contributed by atoms with Crippen LogP contribution in [0.3, 0.4) is 0 Å². The van der Waals surface area contributed by atoms with Gasteiger partial charge in [0, 0.05) is 20.0 Å². The van der Waals surface area contributed by atoms with Gasteiger partial charge in [0.1, 0.15) is 5.69 Å². The summed E-state index contributed by atoms with van der Waals surface area (Å²) in [6.45, 7) is 1.98. The third kappa shape index (κ3) is 4.05. The molecule has 1 aliphatic rings. The van der Waals surface area contributed by atoms with Crippen LogP contribution in [-0.4, -0.2) is 33.5 Å². The first-order chi connectivity index (χ1) is 12.8. The fourth-order valence-corrected chi connectivity index (χ4v) is 3.86. The first kappa shape index (κ1) is 19.5. The summed E-state index contributed by atoms with van der Waals surface area (Å²) in [5.41, 5.74) is 0.486. The van der Waals surface area contributed by atoms with Gasteiger partial charge in [-0.3, -0.25) is 9.48 Å². The number of carbonyl (C=O) groups excluding carboxylic acids is 1. The van der Waals surface area contributed by atoms with Crippen LogP contribution in [0.5, 0.6) is 0 Å². The zero-order valence-electron chi connectivity index (χ0n) is 15.1. The normalized spacial score (nSPS) is 14.3. The summed E-state index contributed by atoms with van der Waals surface area (Å²) in [5.74, 6) is 0.619. The number of aryl methyl sites for hydroxylation is 1. The summed E-state index contributed by atoms with van der Waals surface area (Å²) in [7, 11) is 3.33. The molecular formula is C17H20F3N5OS. The van der Waals surface area contributed by atoms with E-state index in [2.05, 4.69) is 20.7 Å². The Morgan fingerprint density at radius 2 is 2.07 bits per heavy atom. The van der Waals surface area contributed by atoms with Crippen molar-refractivity contribution >= 4 is 29.0 Å². The minimum absolute atomic E-state index is 0.0101. The van der Waals surface area contributed by atoms with E-state index < -0.39 is 17.8 Å². The highest BCUT2D eigenvalue weighted by atomic mass is 32.2. The van der Waals surface area contributed by atoms with E-state index in [0.717, 1.165) is 41.4 Å². The molecule has 1 saturated carbocycles. The van der Waals surface area contributed by atoms with Crippen molar-refractivity contribution in [3.8, 4) is 0 Å². The van der Waals surface area contributed by atoms with Gasteiger partial charge in [0.25, 0.3) is 5.91 Å². The second-order valence-corrected chi connectivity index (χ2v) is 7.49. The minimum Gasteiger partial charge on any atom is -0.385 e. The molecule has 6 nitrogen and oxygen atoms in total. The number of pyridine rings is 1. The Kier molecular flexibility index (Phi) is 5.36. The molecule has 0 spiro atoms. The van der Waals surface area contributed by atoms with Crippen LogP contribution in [0.15, 0.2) is 17.2 Å². The van der Waals surface area contributed by atoms with E-state index in [4.69, 9.17) is 0 Å². The van der Waals surface area contributed by atoms with E-state index in [1.54, 1.807) is 18.8 Å². The summed E-state index contributed by atoms with van der Waals surface area (Å²) >= 11 is 1.52. The molecule has 2 heterocycles. The lowest BCUT2D eigenvalue weighted by molar-refractivity contribution is -0.141. The topological polar surface area (TPSA) is 71.8 Å². The van der Waals surface area contributed by atoms with Crippen LogP contribution in [0, 0.1) is 0 Å². The Bertz CT molecular complexity index is 861. The lowest BCUT2D eigenvalue weighted by Crippen LogP contribution is -2.17. The number of nitrogens with one attached hydrogen (secondary N) is 2. The van der Waals surface area contributed by atoms with Crippen LogP contribution in [0.25, 0.3) is 0 Å². The molecule has 1 aliphatic carbocycles. The van der Waals surface area contributed by atoms with Gasteiger partial charge in [-0.2, -0.15) is 18.3 Å². The average molecular weight is 399 g/mol. The van der Waals surface area contributed by atoms with Gasteiger partial charge in [-0.05, 0) is 24.7 Å². The van der Waals surface area contributed by atoms with Gasteiger partial charge < -0.3 is 10.6 Å². The lowest BCUT2D eigenvalue weighted by Gasteiger charge is -2.13. The Hall–Kier alpha value is -2.23. The first-order valence-corrected chi connectivity index (χ1v) is 9.50. The zero-order valence-corrected chi connectivity index (χ0v) is 16.0. The van der Waals surface area contributed by atoms with Crippen molar-refractivity contribution < 1.29 is 18.0 Å². The Balaban J connectivity index is 1.95. The third-order valence-corrected chi connectivity index (χ3v) is 5.21. The quantitative estimate of drug-likeness (QED) is 0.715. The molecule has 10 heteroatoms. The molecule has 0 saturated heterocycles. The summed E-state index contributed by atoms with van der Waals surface area (Å²) < 4.78 is 40.6. The summed E-state index contributed by atoms with van der Waals surface area (Å²) in [6, 6.07) is 0.821. The molecule has 2 aromatic heterocycles. The monoisotopic (exact) mass is 399 g/mol. The minimum atomic E-state index is -4.60. The smallest absolute Gasteiger partial charge is 0.385 e. The van der Waals surface area contributed by atoms with E-state index >= 15 is 0 Å². The van der Waals surface area contributed by atoms with E-state index in [9.17, 15) is 18.0 Å². The Morgan fingerprint density at radius 3 is 2.63 bits per heavy atom. The number of hydrogen-bond acceptors (Lipinski definition) is 5. The number of aromatic nitrogens is 3. The lowest BCUT2D eigenvalue weighted by atomic mass is 10.2. The van der Waals surface area contributed by atoms with E-state index in [1.807, 2.05) is 6.92 Å². The fraction of sp³-hybridized carbons (Fsp3) is 0.471. The molecule has 2 N–H and O–H groups in total. The first-order valence-electron chi connectivity index (χ1n) is 8.52. The van der Waals surface area contributed by atoms with Crippen molar-refractivity contribution in [3.63, 3.8) is 0 Å². The SMILES string of the molecule is CCSc1c(C(=O)Nc2cc(C(F)(F)F)ncc2NC)nn(C)c1C1CC1. The predicted molar refractivity (Wildman–Crippen MR) is 98.3 cm³/mol. The number of carbonyl (C=O) groups is 1. The third-order valence-electron chi connectivity index (χ3n) is 4.23. The molecule has 0 aromatic carbocycles. The van der Waals surface area contributed by atoms with E-state index in [-0.39, 0.29) is 11.4 Å². The van der Waals surface area contributed by atoms with Crippen molar-refractivity contribution in [1.82, 2.24) is 14.8 Å². The van der Waals surface area contributed by atoms with Crippen LogP contribution in [0.1, 0.15) is 47.6 Å². The second kappa shape index (κ2) is 7.41. The van der Waals surface area contributed by atoms with Gasteiger partial charge in [-0.15, -0.1) is 11.8 Å². The van der Waals surface area contributed by atoms with E-state index in [0.29, 0.717) is 11.6 Å². The summed E-state index contributed by atoms with van der Waals surface area (Å²) in [4.78, 5) is 17.0. The van der Waals surface area contributed by atoms with Crippen molar-refractivity contribution in [2.45, 2.75) is 36.8 Å². The largest absolute Gasteiger partial charge is 0.433 e. The highest BCUT2D eigenvalue weighted by Gasteiger charge is 2.35. The molecule has 0 atom stereocenters. The number of rotatable bonds is 6. The van der Waals surface area contributed by atoms with Gasteiger partial charge in [0.05, 0.1) is 28.2 Å². The maximum atomic E-state index is 13.0. The van der Waals surface area contributed by atoms with Crippen LogP contribution in [0.4, 0.5) is 24.5 Å². The fourth-order valence-electron chi connectivity index (χ4n) is 2.85. The number of halogens is 3. The number of thioether (sulfide) groups is 1. The summed E-state index contributed by atoms with van der Waals surface area (Å²) in [5, 5.41) is 9.64. The molecule has 1 fully saturated rings. The number of anilines is 2. The van der Waals surface area contributed by atoms with Crippen molar-refractivity contribution in [3.05, 3.63) is 29.3 Å². The predicted octanol–water partition coefficient (Wildman–Crippen LogP) is 4.12. The number of amides is 1. The molecule has 2 aromatic rings. The molecule has 146 valence electrons. The van der Waals surface area contributed by atoms with Gasteiger partial charge in [0.15, 0.2) is 5.69 Å². The van der Waals surface area contributed by atoms with Gasteiger partial charge in [-0.25, -0.2) is 4.98 Å². The van der Waals surface area contributed by atoms with E-state index in [1.165, 1.54) is 11.8 Å². The molecule has 0 bridgehead atoms. The van der Waals surface area contributed by atoms with Gasteiger partial charge >= 0.3 is 6.18 Å². The average Bonchev–Trinajstić information content (AvgIpc) is 3.38. The van der Waals surface area contributed by atoms with Crippen LogP contribution in [0.2, 0.25) is 0 Å². The highest BCUT2D eigenvalue weighted by Crippen LogP contribution is 2.45. The molecule has 3 rings (SSSR count). The number of hydrogen-bond donors (Lipinski definition) is 2. The Labute approximate surface area is 158 Å². The molecule has 1 amide bonds. The number of alkyl halides is 3. The molecule has 0 unspecified atom stereocenters.